The first-order chi connectivity index (χ1) is 8.66. The summed E-state index contributed by atoms with van der Waals surface area (Å²) in [6.45, 7) is 7.80. The molecule has 2 aliphatic rings. The lowest BCUT2D eigenvalue weighted by atomic mass is 9.81. The van der Waals surface area contributed by atoms with Gasteiger partial charge in [0.15, 0.2) is 0 Å². The van der Waals surface area contributed by atoms with Gasteiger partial charge in [0, 0.05) is 24.2 Å². The maximum atomic E-state index is 6.22. The van der Waals surface area contributed by atoms with Crippen LogP contribution in [0.1, 0.15) is 52.4 Å². The molecule has 0 saturated carbocycles. The number of piperidine rings is 1. The first-order valence-electron chi connectivity index (χ1n) is 7.84. The number of likely N-dealkylation sites (N-methyl/N-ethyl adjacent to an activating group) is 1. The summed E-state index contributed by atoms with van der Waals surface area (Å²) < 4.78 is 0. The summed E-state index contributed by atoms with van der Waals surface area (Å²) in [7, 11) is 2.31. The Kier molecular flexibility index (Phi) is 4.68. The Morgan fingerprint density at radius 1 is 1.22 bits per heavy atom. The third-order valence-electron chi connectivity index (χ3n) is 5.43. The molecule has 2 unspecified atom stereocenters. The SMILES string of the molecule is CCCCN(CC)C1(CN)CC2CCC(C1)N2C. The molecule has 2 N–H and O–H groups in total. The number of fused-ring (bicyclic) bond motifs is 2. The van der Waals surface area contributed by atoms with Crippen LogP contribution in [-0.2, 0) is 0 Å². The molecular formula is C15H31N3. The molecule has 18 heavy (non-hydrogen) atoms. The van der Waals surface area contributed by atoms with Crippen LogP contribution in [0.15, 0.2) is 0 Å². The molecule has 106 valence electrons. The Balaban J connectivity index is 2.10. The quantitative estimate of drug-likeness (QED) is 0.786. The van der Waals surface area contributed by atoms with E-state index in [9.17, 15) is 0 Å². The average molecular weight is 253 g/mol. The Bertz CT molecular complexity index is 252. The summed E-state index contributed by atoms with van der Waals surface area (Å²) in [5.41, 5.74) is 6.52. The van der Waals surface area contributed by atoms with E-state index in [1.54, 1.807) is 0 Å². The lowest BCUT2D eigenvalue weighted by Gasteiger charge is -2.51. The molecule has 0 spiro atoms. The van der Waals surface area contributed by atoms with E-state index in [0.29, 0.717) is 5.54 Å². The fourth-order valence-electron chi connectivity index (χ4n) is 4.18. The van der Waals surface area contributed by atoms with Gasteiger partial charge in [0.1, 0.15) is 0 Å². The summed E-state index contributed by atoms with van der Waals surface area (Å²) in [5.74, 6) is 0. The molecule has 0 aliphatic carbocycles. The van der Waals surface area contributed by atoms with Gasteiger partial charge in [-0.3, -0.25) is 4.90 Å². The molecule has 0 radical (unpaired) electrons. The minimum atomic E-state index is 0.294. The van der Waals surface area contributed by atoms with Gasteiger partial charge in [-0.25, -0.2) is 0 Å². The molecular weight excluding hydrogens is 222 g/mol. The third kappa shape index (κ3) is 2.45. The van der Waals surface area contributed by atoms with E-state index < -0.39 is 0 Å². The molecule has 0 aromatic heterocycles. The van der Waals surface area contributed by atoms with Crippen molar-refractivity contribution in [1.29, 1.82) is 0 Å². The highest BCUT2D eigenvalue weighted by Gasteiger charge is 2.48. The monoisotopic (exact) mass is 253 g/mol. The van der Waals surface area contributed by atoms with Crippen molar-refractivity contribution in [2.45, 2.75) is 70.0 Å². The van der Waals surface area contributed by atoms with Gasteiger partial charge >= 0.3 is 0 Å². The standard InChI is InChI=1S/C15H31N3/c1-4-6-9-18(5-2)15(12-16)10-13-7-8-14(11-15)17(13)3/h13-14H,4-12,16H2,1-3H3. The molecule has 2 atom stereocenters. The molecule has 0 amide bonds. The van der Waals surface area contributed by atoms with Gasteiger partial charge in [0.2, 0.25) is 0 Å². The van der Waals surface area contributed by atoms with E-state index in [4.69, 9.17) is 5.73 Å². The summed E-state index contributed by atoms with van der Waals surface area (Å²) in [6, 6.07) is 1.56. The fourth-order valence-corrected chi connectivity index (χ4v) is 4.18. The zero-order valence-electron chi connectivity index (χ0n) is 12.5. The summed E-state index contributed by atoms with van der Waals surface area (Å²) in [4.78, 5) is 5.30. The Hall–Kier alpha value is -0.120. The fraction of sp³-hybridized carbons (Fsp3) is 1.00. The van der Waals surface area contributed by atoms with Crippen LogP contribution in [0.5, 0.6) is 0 Å². The van der Waals surface area contributed by atoms with E-state index >= 15 is 0 Å². The Labute approximate surface area is 113 Å². The van der Waals surface area contributed by atoms with Crippen LogP contribution in [0.3, 0.4) is 0 Å². The third-order valence-corrected chi connectivity index (χ3v) is 5.43. The second kappa shape index (κ2) is 5.89. The van der Waals surface area contributed by atoms with E-state index in [0.717, 1.165) is 25.2 Å². The normalized spacial score (nSPS) is 36.5. The van der Waals surface area contributed by atoms with Gasteiger partial charge in [-0.15, -0.1) is 0 Å². The molecule has 3 nitrogen and oxygen atoms in total. The van der Waals surface area contributed by atoms with Crippen molar-refractivity contribution in [1.82, 2.24) is 9.80 Å². The van der Waals surface area contributed by atoms with Crippen LogP contribution in [0.2, 0.25) is 0 Å². The number of hydrogen-bond donors (Lipinski definition) is 1. The predicted octanol–water partition coefficient (Wildman–Crippen LogP) is 2.06. The molecule has 2 heterocycles. The molecule has 2 fully saturated rings. The number of nitrogens with zero attached hydrogens (tertiary/aromatic N) is 2. The smallest absolute Gasteiger partial charge is 0.0361 e. The lowest BCUT2D eigenvalue weighted by molar-refractivity contribution is 0.00304. The summed E-state index contributed by atoms with van der Waals surface area (Å²) in [6.07, 6.45) is 7.93. The Morgan fingerprint density at radius 3 is 2.28 bits per heavy atom. The first kappa shape index (κ1) is 14.3. The van der Waals surface area contributed by atoms with E-state index in [-0.39, 0.29) is 0 Å². The van der Waals surface area contributed by atoms with Crippen LogP contribution >= 0.6 is 0 Å². The lowest BCUT2D eigenvalue weighted by Crippen LogP contribution is -2.62. The minimum absolute atomic E-state index is 0.294. The van der Waals surface area contributed by atoms with Crippen LogP contribution < -0.4 is 5.73 Å². The number of unbranched alkanes of at least 4 members (excludes halogenated alkanes) is 1. The molecule has 0 aromatic rings. The van der Waals surface area contributed by atoms with Gasteiger partial charge in [0.05, 0.1) is 0 Å². The van der Waals surface area contributed by atoms with Gasteiger partial charge in [0.25, 0.3) is 0 Å². The van der Waals surface area contributed by atoms with Crippen molar-refractivity contribution >= 4 is 0 Å². The summed E-state index contributed by atoms with van der Waals surface area (Å²) >= 11 is 0. The largest absolute Gasteiger partial charge is 0.329 e. The maximum Gasteiger partial charge on any atom is 0.0361 e. The van der Waals surface area contributed by atoms with Crippen molar-refractivity contribution < 1.29 is 0 Å². The minimum Gasteiger partial charge on any atom is -0.329 e. The van der Waals surface area contributed by atoms with Crippen molar-refractivity contribution in [3.05, 3.63) is 0 Å². The van der Waals surface area contributed by atoms with Gasteiger partial charge < -0.3 is 10.6 Å². The number of rotatable bonds is 6. The zero-order valence-corrected chi connectivity index (χ0v) is 12.5. The molecule has 3 heteroatoms. The number of hydrogen-bond acceptors (Lipinski definition) is 3. The van der Waals surface area contributed by atoms with Gasteiger partial charge in [-0.1, -0.05) is 20.3 Å². The number of nitrogens with two attached hydrogens (primary N) is 1. The second-order valence-electron chi connectivity index (χ2n) is 6.32. The van der Waals surface area contributed by atoms with E-state index in [2.05, 4.69) is 30.7 Å². The van der Waals surface area contributed by atoms with Crippen LogP contribution in [-0.4, -0.2) is 54.1 Å². The second-order valence-corrected chi connectivity index (χ2v) is 6.32. The highest BCUT2D eigenvalue weighted by Crippen LogP contribution is 2.42. The van der Waals surface area contributed by atoms with Crippen molar-refractivity contribution in [3.63, 3.8) is 0 Å². The first-order valence-corrected chi connectivity index (χ1v) is 7.84. The van der Waals surface area contributed by atoms with Gasteiger partial charge in [-0.05, 0) is 52.2 Å². The molecule has 2 saturated heterocycles. The topological polar surface area (TPSA) is 32.5 Å². The van der Waals surface area contributed by atoms with Crippen LogP contribution in [0.25, 0.3) is 0 Å². The average Bonchev–Trinajstić information content (AvgIpc) is 2.63. The molecule has 0 aromatic carbocycles. The Morgan fingerprint density at radius 2 is 1.83 bits per heavy atom. The highest BCUT2D eigenvalue weighted by atomic mass is 15.3. The van der Waals surface area contributed by atoms with Crippen molar-refractivity contribution in [2.24, 2.45) is 5.73 Å². The van der Waals surface area contributed by atoms with E-state index in [1.165, 1.54) is 45.1 Å². The van der Waals surface area contributed by atoms with E-state index in [1.807, 2.05) is 0 Å². The summed E-state index contributed by atoms with van der Waals surface area (Å²) in [5, 5.41) is 0. The molecule has 2 bridgehead atoms. The maximum absolute atomic E-state index is 6.22. The van der Waals surface area contributed by atoms with Gasteiger partial charge in [-0.2, -0.15) is 0 Å². The van der Waals surface area contributed by atoms with Crippen LogP contribution in [0.4, 0.5) is 0 Å². The molecule has 2 rings (SSSR count). The van der Waals surface area contributed by atoms with Crippen LogP contribution in [0, 0.1) is 0 Å². The highest BCUT2D eigenvalue weighted by molar-refractivity contribution is 5.06. The van der Waals surface area contributed by atoms with Crippen molar-refractivity contribution in [2.75, 3.05) is 26.7 Å². The van der Waals surface area contributed by atoms with Crippen molar-refractivity contribution in [3.8, 4) is 0 Å². The molecule has 2 aliphatic heterocycles. The zero-order chi connectivity index (χ0) is 13.2. The predicted molar refractivity (Wildman–Crippen MR) is 77.7 cm³/mol.